The molecule has 12 heteroatoms. The standard InChI is InChI=1S/C26H37F3N2O7/c27-26(28,29)19-7-5-6-18(16-19)10-11-20(32)12-13-22-21(23(33)17-24(22)34)8-3-1-2-4-9-25(35)30-14-15-38-31(36)37/h1,3,5-7,12-13,16,20-24,32-34,36-37H,2,4,8-11,14-15,17H2,(H,30,35)/b3-1-,13-12+/t20-,21+,22+,23-,24+/m0/s1. The number of hydrogen-bond donors (Lipinski definition) is 6. The highest BCUT2D eigenvalue weighted by molar-refractivity contribution is 5.75. The summed E-state index contributed by atoms with van der Waals surface area (Å²) in [7, 11) is 0. The van der Waals surface area contributed by atoms with Crippen LogP contribution in [0.2, 0.25) is 0 Å². The summed E-state index contributed by atoms with van der Waals surface area (Å²) in [5, 5.41) is 50.0. The Hall–Kier alpha value is -2.32. The largest absolute Gasteiger partial charge is 0.416 e. The van der Waals surface area contributed by atoms with Gasteiger partial charge in [0.25, 0.3) is 0 Å². The highest BCUT2D eigenvalue weighted by atomic mass is 19.4. The Morgan fingerprint density at radius 1 is 1.21 bits per heavy atom. The molecule has 1 saturated carbocycles. The summed E-state index contributed by atoms with van der Waals surface area (Å²) in [6.45, 7) is 0.0414. The summed E-state index contributed by atoms with van der Waals surface area (Å²) >= 11 is 0. The van der Waals surface area contributed by atoms with E-state index in [9.17, 15) is 33.3 Å². The zero-order chi connectivity index (χ0) is 28.1. The number of carbonyl (C=O) groups excluding carboxylic acids is 1. The number of nitrogens with zero attached hydrogens (tertiary/aromatic N) is 1. The SMILES string of the molecule is O=C(CCC/C=C\C[C@@H]1[C@@H](/C=C/[C@@H](O)CCc2cccc(C(F)(F)F)c2)[C@H](O)C[C@@H]1O)NCCON(O)O. The van der Waals surface area contributed by atoms with E-state index >= 15 is 0 Å². The first-order valence-electron chi connectivity index (χ1n) is 12.6. The summed E-state index contributed by atoms with van der Waals surface area (Å²) in [5.74, 6) is -0.829. The van der Waals surface area contributed by atoms with Crippen LogP contribution in [0.3, 0.4) is 0 Å². The number of amides is 1. The van der Waals surface area contributed by atoms with Gasteiger partial charge in [-0.1, -0.05) is 42.5 Å². The highest BCUT2D eigenvalue weighted by Crippen LogP contribution is 2.36. The van der Waals surface area contributed by atoms with Gasteiger partial charge < -0.3 is 20.6 Å². The third-order valence-electron chi connectivity index (χ3n) is 6.43. The minimum absolute atomic E-state index is 0.0866. The number of aliphatic hydroxyl groups excluding tert-OH is 3. The number of benzene rings is 1. The van der Waals surface area contributed by atoms with E-state index in [1.165, 1.54) is 12.1 Å². The van der Waals surface area contributed by atoms with Gasteiger partial charge in [0.1, 0.15) is 0 Å². The first kappa shape index (κ1) is 31.9. The smallest absolute Gasteiger partial charge is 0.393 e. The van der Waals surface area contributed by atoms with Crippen LogP contribution in [0.4, 0.5) is 13.2 Å². The number of aryl methyl sites for hydroxylation is 1. The molecule has 1 fully saturated rings. The van der Waals surface area contributed by atoms with Crippen molar-refractivity contribution >= 4 is 5.91 Å². The molecular formula is C26H37F3N2O7. The molecule has 1 amide bonds. The van der Waals surface area contributed by atoms with Crippen LogP contribution in [0.1, 0.15) is 49.7 Å². The molecule has 6 N–H and O–H groups in total. The molecule has 0 bridgehead atoms. The van der Waals surface area contributed by atoms with Gasteiger partial charge in [-0.2, -0.15) is 13.2 Å². The normalized spacial score (nSPS) is 23.1. The Kier molecular flexibility index (Phi) is 13.4. The van der Waals surface area contributed by atoms with E-state index < -0.39 is 35.4 Å². The molecule has 2 rings (SSSR count). The first-order valence-corrected chi connectivity index (χ1v) is 12.6. The molecule has 214 valence electrons. The van der Waals surface area contributed by atoms with E-state index in [0.717, 1.165) is 12.1 Å². The summed E-state index contributed by atoms with van der Waals surface area (Å²) < 4.78 is 38.6. The van der Waals surface area contributed by atoms with Gasteiger partial charge in [-0.15, -0.1) is 0 Å². The monoisotopic (exact) mass is 546 g/mol. The van der Waals surface area contributed by atoms with Gasteiger partial charge in [0.05, 0.1) is 35.9 Å². The molecule has 0 saturated heterocycles. The maximum Gasteiger partial charge on any atom is 0.416 e. The van der Waals surface area contributed by atoms with Crippen LogP contribution in [0.25, 0.3) is 0 Å². The van der Waals surface area contributed by atoms with Gasteiger partial charge in [-0.3, -0.25) is 15.2 Å². The summed E-state index contributed by atoms with van der Waals surface area (Å²) in [4.78, 5) is 16.0. The molecule has 0 aliphatic heterocycles. The van der Waals surface area contributed by atoms with Gasteiger partial charge in [0.15, 0.2) is 0 Å². The number of nitrogens with one attached hydrogen (secondary N) is 1. The maximum absolute atomic E-state index is 12.9. The minimum atomic E-state index is -4.42. The number of rotatable bonds is 15. The van der Waals surface area contributed by atoms with E-state index in [-0.39, 0.29) is 56.6 Å². The molecule has 0 spiro atoms. The fraction of sp³-hybridized carbons (Fsp3) is 0.577. The van der Waals surface area contributed by atoms with Crippen LogP contribution in [-0.2, 0) is 22.2 Å². The van der Waals surface area contributed by atoms with E-state index in [1.807, 2.05) is 12.2 Å². The van der Waals surface area contributed by atoms with E-state index in [1.54, 1.807) is 12.1 Å². The molecule has 1 aliphatic carbocycles. The second-order valence-electron chi connectivity index (χ2n) is 9.34. The average molecular weight is 547 g/mol. The minimum Gasteiger partial charge on any atom is -0.393 e. The molecule has 1 aromatic carbocycles. The van der Waals surface area contributed by atoms with Crippen molar-refractivity contribution in [1.29, 1.82) is 0 Å². The quantitative estimate of drug-likeness (QED) is 0.112. The molecule has 0 radical (unpaired) electrons. The molecular weight excluding hydrogens is 509 g/mol. The molecule has 0 aromatic heterocycles. The van der Waals surface area contributed by atoms with Crippen molar-refractivity contribution in [2.24, 2.45) is 11.8 Å². The number of hydrogen-bond acceptors (Lipinski definition) is 8. The molecule has 1 aromatic rings. The second kappa shape index (κ2) is 15.9. The predicted octanol–water partition coefficient (Wildman–Crippen LogP) is 3.16. The molecule has 38 heavy (non-hydrogen) atoms. The van der Waals surface area contributed by atoms with Gasteiger partial charge >= 0.3 is 6.18 Å². The predicted molar refractivity (Wildman–Crippen MR) is 131 cm³/mol. The van der Waals surface area contributed by atoms with Crippen molar-refractivity contribution < 1.29 is 48.5 Å². The van der Waals surface area contributed by atoms with Gasteiger partial charge in [-0.25, -0.2) is 4.84 Å². The van der Waals surface area contributed by atoms with Crippen LogP contribution < -0.4 is 5.32 Å². The molecule has 1 aliphatic rings. The lowest BCUT2D eigenvalue weighted by molar-refractivity contribution is -0.491. The van der Waals surface area contributed by atoms with Gasteiger partial charge in [0.2, 0.25) is 5.91 Å². The Morgan fingerprint density at radius 3 is 2.68 bits per heavy atom. The van der Waals surface area contributed by atoms with Crippen molar-refractivity contribution in [1.82, 2.24) is 10.7 Å². The number of unbranched alkanes of at least 4 members (excludes halogenated alkanes) is 1. The van der Waals surface area contributed by atoms with Crippen LogP contribution in [0.5, 0.6) is 0 Å². The summed E-state index contributed by atoms with van der Waals surface area (Å²) in [6, 6.07) is 4.99. The van der Waals surface area contributed by atoms with Crippen molar-refractivity contribution in [2.75, 3.05) is 13.2 Å². The third-order valence-corrected chi connectivity index (χ3v) is 6.43. The molecule has 0 heterocycles. The van der Waals surface area contributed by atoms with Crippen LogP contribution in [0, 0.1) is 11.8 Å². The van der Waals surface area contributed by atoms with Crippen LogP contribution >= 0.6 is 0 Å². The topological polar surface area (TPSA) is 143 Å². The van der Waals surface area contributed by atoms with E-state index in [2.05, 4.69) is 10.2 Å². The van der Waals surface area contributed by atoms with Crippen LogP contribution in [0.15, 0.2) is 48.6 Å². The lowest BCUT2D eigenvalue weighted by Gasteiger charge is -2.19. The maximum atomic E-state index is 12.9. The summed E-state index contributed by atoms with van der Waals surface area (Å²) in [5.41, 5.74) is -0.260. The van der Waals surface area contributed by atoms with Crippen molar-refractivity contribution in [3.63, 3.8) is 0 Å². The zero-order valence-electron chi connectivity index (χ0n) is 21.0. The Morgan fingerprint density at radius 2 is 1.97 bits per heavy atom. The molecule has 0 unspecified atom stereocenters. The molecule has 9 nitrogen and oxygen atoms in total. The number of aliphatic hydroxyl groups is 3. The number of carbonyl (C=O) groups is 1. The van der Waals surface area contributed by atoms with Gasteiger partial charge in [-0.05, 0) is 49.7 Å². The Bertz CT molecular complexity index is 911. The zero-order valence-corrected chi connectivity index (χ0v) is 21.0. The van der Waals surface area contributed by atoms with Gasteiger partial charge in [0, 0.05) is 25.3 Å². The lowest BCUT2D eigenvalue weighted by atomic mass is 9.89. The van der Waals surface area contributed by atoms with Crippen molar-refractivity contribution in [3.8, 4) is 0 Å². The summed E-state index contributed by atoms with van der Waals surface area (Å²) in [6.07, 6.45) is 2.85. The van der Waals surface area contributed by atoms with E-state index in [4.69, 9.17) is 10.4 Å². The Balaban J connectivity index is 1.75. The fourth-order valence-corrected chi connectivity index (χ4v) is 4.43. The molecule has 5 atom stereocenters. The average Bonchev–Trinajstić information content (AvgIpc) is 3.12. The highest BCUT2D eigenvalue weighted by Gasteiger charge is 2.39. The Labute approximate surface area is 219 Å². The van der Waals surface area contributed by atoms with Crippen molar-refractivity contribution in [3.05, 3.63) is 59.7 Å². The third kappa shape index (κ3) is 11.6. The van der Waals surface area contributed by atoms with E-state index in [0.29, 0.717) is 24.8 Å². The van der Waals surface area contributed by atoms with Crippen molar-refractivity contribution in [2.45, 2.75) is 69.4 Å². The number of alkyl halides is 3. The second-order valence-corrected chi connectivity index (χ2v) is 9.34. The lowest BCUT2D eigenvalue weighted by Crippen LogP contribution is -2.29. The number of halogens is 3. The first-order chi connectivity index (χ1) is 18.0. The number of allylic oxidation sites excluding steroid dienone is 2. The fourth-order valence-electron chi connectivity index (χ4n) is 4.43. The van der Waals surface area contributed by atoms with Crippen LogP contribution in [-0.4, -0.2) is 68.5 Å².